The molecule has 2 aromatic carbocycles. The van der Waals surface area contributed by atoms with Crippen molar-refractivity contribution in [3.05, 3.63) is 53.3 Å². The molecule has 3 N–H and O–H groups in total. The Morgan fingerprint density at radius 1 is 1.15 bits per heavy atom. The molecule has 1 unspecified atom stereocenters. The number of halogens is 3. The van der Waals surface area contributed by atoms with Gasteiger partial charge in [0.15, 0.2) is 0 Å². The van der Waals surface area contributed by atoms with Gasteiger partial charge in [-0.3, -0.25) is 13.4 Å². The number of anilines is 3. The largest absolute Gasteiger partial charge is 0.317 e. The lowest BCUT2D eigenvalue weighted by atomic mass is 10.1. The molecule has 1 aliphatic rings. The molecule has 0 aliphatic carbocycles. The average Bonchev–Trinajstić information content (AvgIpc) is 2.83. The molecule has 0 amide bonds. The molecule has 1 aliphatic heterocycles. The van der Waals surface area contributed by atoms with Crippen LogP contribution in [0.15, 0.2) is 42.5 Å². The van der Waals surface area contributed by atoms with Crippen molar-refractivity contribution in [3.8, 4) is 0 Å². The molecule has 1 heterocycles. The lowest BCUT2D eigenvalue weighted by Gasteiger charge is -2.44. The number of hydrogen-bond donors (Lipinski definition) is 3. The zero-order valence-corrected chi connectivity index (χ0v) is 17.5. The molecule has 0 aromatic heterocycles. The van der Waals surface area contributed by atoms with Crippen LogP contribution in [0.25, 0.3) is 0 Å². The van der Waals surface area contributed by atoms with Crippen LogP contribution in [0, 0.1) is 5.82 Å². The van der Waals surface area contributed by atoms with Gasteiger partial charge in [-0.05, 0) is 61.2 Å². The van der Waals surface area contributed by atoms with Gasteiger partial charge in [-0.2, -0.15) is 0 Å². The first kappa shape index (κ1) is 22.1. The van der Waals surface area contributed by atoms with E-state index in [-0.39, 0.29) is 23.5 Å². The Morgan fingerprint density at radius 3 is 2.41 bits per heavy atom. The first-order valence-electron chi connectivity index (χ1n) is 8.47. The van der Waals surface area contributed by atoms with Crippen molar-refractivity contribution in [2.45, 2.75) is 25.8 Å². The minimum Gasteiger partial charge on any atom is -0.317 e. The fraction of sp³-hybridized carbons (Fsp3) is 0.333. The molecule has 150 valence electrons. The van der Waals surface area contributed by atoms with Crippen molar-refractivity contribution in [1.29, 1.82) is 0 Å². The second-order valence-corrected chi connectivity index (χ2v) is 8.35. The highest BCUT2D eigenvalue weighted by Crippen LogP contribution is 2.64. The van der Waals surface area contributed by atoms with Crippen molar-refractivity contribution in [1.82, 2.24) is 5.32 Å². The molecule has 0 saturated heterocycles. The Labute approximate surface area is 172 Å². The SMILES string of the molecule is CCC(CCN1c2ccccc2N(c2ccc(F)cc2Cl)S1(O)O)NC.Cl. The third kappa shape index (κ3) is 4.13. The van der Waals surface area contributed by atoms with Crippen LogP contribution in [0.4, 0.5) is 21.5 Å². The van der Waals surface area contributed by atoms with Crippen LogP contribution in [0.5, 0.6) is 0 Å². The zero-order valence-electron chi connectivity index (χ0n) is 15.1. The van der Waals surface area contributed by atoms with Gasteiger partial charge in [-0.25, -0.2) is 8.70 Å². The Hall–Kier alpha value is -1.22. The molecule has 9 heteroatoms. The number of rotatable bonds is 6. The van der Waals surface area contributed by atoms with E-state index in [0.717, 1.165) is 18.5 Å². The predicted molar refractivity (Wildman–Crippen MR) is 115 cm³/mol. The van der Waals surface area contributed by atoms with Gasteiger partial charge in [-0.15, -0.1) is 12.4 Å². The van der Waals surface area contributed by atoms with Crippen LogP contribution in [0.3, 0.4) is 0 Å². The van der Waals surface area contributed by atoms with E-state index < -0.39 is 16.8 Å². The van der Waals surface area contributed by atoms with E-state index in [4.69, 9.17) is 11.6 Å². The average molecular weight is 436 g/mol. The maximum absolute atomic E-state index is 13.4. The number of nitrogens with one attached hydrogen (secondary N) is 1. The smallest absolute Gasteiger partial charge is 0.124 e. The summed E-state index contributed by atoms with van der Waals surface area (Å²) in [5.41, 5.74) is 1.72. The molecule has 0 saturated carbocycles. The summed E-state index contributed by atoms with van der Waals surface area (Å²) in [6.07, 6.45) is 1.70. The minimum atomic E-state index is -3.36. The summed E-state index contributed by atoms with van der Waals surface area (Å²) >= 11 is 6.20. The predicted octanol–water partition coefficient (Wildman–Crippen LogP) is 5.83. The monoisotopic (exact) mass is 435 g/mol. The Balaban J connectivity index is 0.00000261. The van der Waals surface area contributed by atoms with Crippen molar-refractivity contribution in [2.24, 2.45) is 0 Å². The normalized spacial score (nSPS) is 17.3. The van der Waals surface area contributed by atoms with Gasteiger partial charge in [0.05, 0.1) is 22.1 Å². The Bertz CT molecular complexity index is 793. The van der Waals surface area contributed by atoms with Crippen LogP contribution in [-0.2, 0) is 0 Å². The number of benzene rings is 2. The summed E-state index contributed by atoms with van der Waals surface area (Å²) in [4.78, 5) is 0. The molecule has 27 heavy (non-hydrogen) atoms. The van der Waals surface area contributed by atoms with Crippen molar-refractivity contribution < 1.29 is 13.5 Å². The Kier molecular flexibility index (Phi) is 7.24. The van der Waals surface area contributed by atoms with E-state index in [1.165, 1.54) is 22.5 Å². The van der Waals surface area contributed by atoms with Gasteiger partial charge in [0.2, 0.25) is 0 Å². The Morgan fingerprint density at radius 2 is 1.81 bits per heavy atom. The summed E-state index contributed by atoms with van der Waals surface area (Å²) < 4.78 is 38.6. The van der Waals surface area contributed by atoms with Gasteiger partial charge < -0.3 is 5.32 Å². The van der Waals surface area contributed by atoms with Gasteiger partial charge >= 0.3 is 0 Å². The standard InChI is InChI=1S/C18H23ClFN3O2S.ClH/c1-3-14(21-2)10-11-22-17-6-4-5-7-18(17)23(26(22,24)25)16-9-8-13(20)12-15(16)19;/h4-9,12,14,21,24-25H,3,10-11H2,1-2H3;1H. The minimum absolute atomic E-state index is 0. The van der Waals surface area contributed by atoms with E-state index in [1.807, 2.05) is 25.2 Å². The van der Waals surface area contributed by atoms with Crippen molar-refractivity contribution >= 4 is 52.0 Å². The third-order valence-electron chi connectivity index (χ3n) is 4.62. The zero-order chi connectivity index (χ0) is 18.9. The number of fused-ring (bicyclic) bond motifs is 1. The van der Waals surface area contributed by atoms with E-state index >= 15 is 0 Å². The van der Waals surface area contributed by atoms with E-state index in [1.54, 1.807) is 10.4 Å². The third-order valence-corrected chi connectivity index (χ3v) is 6.78. The van der Waals surface area contributed by atoms with Gasteiger partial charge in [-0.1, -0.05) is 30.7 Å². The van der Waals surface area contributed by atoms with Crippen LogP contribution in [0.2, 0.25) is 5.02 Å². The fourth-order valence-corrected chi connectivity index (χ4v) is 5.29. The maximum Gasteiger partial charge on any atom is 0.124 e. The molecule has 0 fully saturated rings. The molecule has 5 nitrogen and oxygen atoms in total. The highest BCUT2D eigenvalue weighted by atomic mass is 35.5. The molecule has 1 atom stereocenters. The first-order valence-corrected chi connectivity index (χ1v) is 10.3. The summed E-state index contributed by atoms with van der Waals surface area (Å²) in [6, 6.07) is 11.5. The number of nitrogens with zero attached hydrogens (tertiary/aromatic N) is 2. The molecule has 2 aromatic rings. The van der Waals surface area contributed by atoms with Gasteiger partial charge in [0.25, 0.3) is 0 Å². The number of hydrogen-bond acceptors (Lipinski definition) is 5. The molecule has 3 rings (SSSR count). The van der Waals surface area contributed by atoms with Gasteiger partial charge in [0.1, 0.15) is 5.82 Å². The second-order valence-electron chi connectivity index (χ2n) is 6.15. The molecular weight excluding hydrogens is 412 g/mol. The maximum atomic E-state index is 13.4. The fourth-order valence-electron chi connectivity index (χ4n) is 3.19. The van der Waals surface area contributed by atoms with E-state index in [9.17, 15) is 13.5 Å². The molecule has 0 radical (unpaired) electrons. The van der Waals surface area contributed by atoms with Crippen LogP contribution in [0.1, 0.15) is 19.8 Å². The first-order chi connectivity index (χ1) is 12.4. The van der Waals surface area contributed by atoms with E-state index in [2.05, 4.69) is 12.2 Å². The topological polar surface area (TPSA) is 59.0 Å². The summed E-state index contributed by atoms with van der Waals surface area (Å²) in [6.45, 7) is 2.55. The highest BCUT2D eigenvalue weighted by molar-refractivity contribution is 8.27. The number of para-hydroxylation sites is 2. The van der Waals surface area contributed by atoms with Crippen LogP contribution >= 0.6 is 35.0 Å². The summed E-state index contributed by atoms with van der Waals surface area (Å²) in [5, 5.41) is 3.36. The van der Waals surface area contributed by atoms with Crippen LogP contribution in [-0.4, -0.2) is 28.7 Å². The highest BCUT2D eigenvalue weighted by Gasteiger charge is 2.42. The molecular formula is C18H24Cl2FN3O2S. The van der Waals surface area contributed by atoms with Crippen molar-refractivity contribution in [3.63, 3.8) is 0 Å². The lowest BCUT2D eigenvalue weighted by molar-refractivity contribution is 0.473. The summed E-state index contributed by atoms with van der Waals surface area (Å²) in [5.74, 6) is -0.473. The molecule has 0 spiro atoms. The molecule has 0 bridgehead atoms. The second kappa shape index (κ2) is 8.86. The quantitative estimate of drug-likeness (QED) is 0.532. The van der Waals surface area contributed by atoms with Crippen LogP contribution < -0.4 is 13.9 Å². The lowest BCUT2D eigenvalue weighted by Crippen LogP contribution is -2.35. The van der Waals surface area contributed by atoms with E-state index in [0.29, 0.717) is 17.9 Å². The van der Waals surface area contributed by atoms with Gasteiger partial charge in [0, 0.05) is 12.6 Å². The summed E-state index contributed by atoms with van der Waals surface area (Å²) in [7, 11) is -1.46. The van der Waals surface area contributed by atoms with Crippen molar-refractivity contribution in [2.75, 3.05) is 22.2 Å².